The molecule has 128 valence electrons. The van der Waals surface area contributed by atoms with E-state index >= 15 is 0 Å². The average molecular weight is 338 g/mol. The Hall–Kier alpha value is -2.71. The summed E-state index contributed by atoms with van der Waals surface area (Å²) in [6.07, 6.45) is 0.326. The fraction of sp³-hybridized carbons (Fsp3) is 0.400. The molecule has 0 radical (unpaired) electrons. The molecule has 0 spiro atoms. The highest BCUT2D eigenvalue weighted by molar-refractivity contribution is 5.66. The van der Waals surface area contributed by atoms with E-state index in [-0.39, 0.29) is 41.0 Å². The van der Waals surface area contributed by atoms with Crippen molar-refractivity contribution in [1.29, 1.82) is 0 Å². The van der Waals surface area contributed by atoms with E-state index in [9.17, 15) is 13.6 Å². The molecular formula is C15H16F2N4O3. The summed E-state index contributed by atoms with van der Waals surface area (Å²) in [7, 11) is 0. The minimum Gasteiger partial charge on any atom is -0.465 e. The van der Waals surface area contributed by atoms with Gasteiger partial charge in [0.25, 0.3) is 0 Å². The maximum Gasteiger partial charge on any atom is 0.407 e. The predicted molar refractivity (Wildman–Crippen MR) is 80.4 cm³/mol. The van der Waals surface area contributed by atoms with Gasteiger partial charge in [-0.2, -0.15) is 4.98 Å². The molecule has 1 aromatic carbocycles. The van der Waals surface area contributed by atoms with Gasteiger partial charge in [-0.1, -0.05) is 5.16 Å². The lowest BCUT2D eigenvalue weighted by Crippen LogP contribution is -2.38. The van der Waals surface area contributed by atoms with E-state index in [4.69, 9.17) is 15.4 Å². The molecule has 1 aromatic heterocycles. The van der Waals surface area contributed by atoms with Crippen LogP contribution in [0.5, 0.6) is 0 Å². The van der Waals surface area contributed by atoms with Crippen molar-refractivity contribution in [3.05, 3.63) is 29.2 Å². The van der Waals surface area contributed by atoms with Crippen molar-refractivity contribution in [1.82, 2.24) is 15.0 Å². The molecule has 2 aromatic rings. The molecule has 24 heavy (non-hydrogen) atoms. The number of nitrogen functional groups attached to an aromatic ring is 1. The largest absolute Gasteiger partial charge is 0.465 e. The van der Waals surface area contributed by atoms with E-state index in [1.165, 1.54) is 11.8 Å². The molecule has 1 aliphatic heterocycles. The van der Waals surface area contributed by atoms with Crippen LogP contribution in [0.25, 0.3) is 11.4 Å². The Morgan fingerprint density at radius 3 is 2.96 bits per heavy atom. The summed E-state index contributed by atoms with van der Waals surface area (Å²) in [5.74, 6) is -1.65. The zero-order valence-electron chi connectivity index (χ0n) is 12.9. The Morgan fingerprint density at radius 1 is 1.50 bits per heavy atom. The van der Waals surface area contributed by atoms with Gasteiger partial charge in [0.2, 0.25) is 11.7 Å². The van der Waals surface area contributed by atoms with Crippen LogP contribution in [0.3, 0.4) is 0 Å². The fourth-order valence-corrected chi connectivity index (χ4v) is 2.76. The highest BCUT2D eigenvalue weighted by Gasteiger charge is 2.29. The Morgan fingerprint density at radius 2 is 2.25 bits per heavy atom. The van der Waals surface area contributed by atoms with Crippen LogP contribution in [0.1, 0.15) is 30.2 Å². The van der Waals surface area contributed by atoms with Crippen LogP contribution in [0, 0.1) is 18.6 Å². The topological polar surface area (TPSA) is 105 Å². The minimum atomic E-state index is -1.01. The number of amides is 1. The third-order valence-electron chi connectivity index (χ3n) is 4.23. The number of piperidine rings is 1. The second kappa shape index (κ2) is 6.06. The van der Waals surface area contributed by atoms with Gasteiger partial charge in [-0.25, -0.2) is 13.6 Å². The summed E-state index contributed by atoms with van der Waals surface area (Å²) in [5.41, 5.74) is 5.08. The Bertz CT molecular complexity index is 793. The van der Waals surface area contributed by atoms with Crippen LogP contribution < -0.4 is 5.73 Å². The molecule has 0 saturated carbocycles. The maximum atomic E-state index is 14.2. The van der Waals surface area contributed by atoms with Gasteiger partial charge in [0.15, 0.2) is 5.82 Å². The third kappa shape index (κ3) is 2.77. The van der Waals surface area contributed by atoms with Crippen LogP contribution in [0.15, 0.2) is 10.6 Å². The number of rotatable bonds is 2. The van der Waals surface area contributed by atoms with Crippen LogP contribution >= 0.6 is 0 Å². The number of likely N-dealkylation sites (tertiary alicyclic amines) is 1. The molecule has 1 atom stereocenters. The summed E-state index contributed by atoms with van der Waals surface area (Å²) < 4.78 is 33.2. The molecule has 3 rings (SSSR count). The van der Waals surface area contributed by atoms with Crippen molar-refractivity contribution < 1.29 is 23.2 Å². The smallest absolute Gasteiger partial charge is 0.407 e. The van der Waals surface area contributed by atoms with Gasteiger partial charge in [0.05, 0.1) is 17.2 Å². The monoisotopic (exact) mass is 338 g/mol. The first-order valence-corrected chi connectivity index (χ1v) is 7.44. The van der Waals surface area contributed by atoms with Crippen molar-refractivity contribution in [2.75, 3.05) is 18.8 Å². The van der Waals surface area contributed by atoms with Gasteiger partial charge in [-0.3, -0.25) is 0 Å². The second-order valence-electron chi connectivity index (χ2n) is 5.78. The average Bonchev–Trinajstić information content (AvgIpc) is 3.06. The van der Waals surface area contributed by atoms with Gasteiger partial charge >= 0.3 is 6.09 Å². The normalized spacial score (nSPS) is 18.0. The quantitative estimate of drug-likeness (QED) is 0.816. The second-order valence-corrected chi connectivity index (χ2v) is 5.78. The van der Waals surface area contributed by atoms with E-state index in [0.717, 1.165) is 6.07 Å². The summed E-state index contributed by atoms with van der Waals surface area (Å²) >= 11 is 0. The van der Waals surface area contributed by atoms with Gasteiger partial charge in [0.1, 0.15) is 5.82 Å². The lowest BCUT2D eigenvalue weighted by Gasteiger charge is -2.28. The van der Waals surface area contributed by atoms with Gasteiger partial charge in [0, 0.05) is 18.7 Å². The third-order valence-corrected chi connectivity index (χ3v) is 4.23. The molecule has 1 amide bonds. The molecule has 7 nitrogen and oxygen atoms in total. The Balaban J connectivity index is 1.90. The van der Waals surface area contributed by atoms with E-state index in [1.54, 1.807) is 0 Å². The van der Waals surface area contributed by atoms with Crippen LogP contribution in [-0.4, -0.2) is 39.3 Å². The summed E-state index contributed by atoms with van der Waals surface area (Å²) in [6, 6.07) is 0.972. The van der Waals surface area contributed by atoms with Crippen molar-refractivity contribution in [2.24, 2.45) is 0 Å². The van der Waals surface area contributed by atoms with Crippen LogP contribution in [-0.2, 0) is 0 Å². The highest BCUT2D eigenvalue weighted by atomic mass is 19.1. The lowest BCUT2D eigenvalue weighted by molar-refractivity contribution is 0.126. The van der Waals surface area contributed by atoms with Crippen molar-refractivity contribution in [3.8, 4) is 11.4 Å². The number of carboxylic acid groups (broad SMARTS) is 1. The fourth-order valence-electron chi connectivity index (χ4n) is 2.76. The van der Waals surface area contributed by atoms with Gasteiger partial charge in [-0.05, 0) is 25.8 Å². The number of anilines is 1. The number of nitrogens with zero attached hydrogens (tertiary/aromatic N) is 3. The lowest BCUT2D eigenvalue weighted by atomic mass is 9.98. The van der Waals surface area contributed by atoms with Crippen LogP contribution in [0.4, 0.5) is 19.3 Å². The highest BCUT2D eigenvalue weighted by Crippen LogP contribution is 2.31. The zero-order chi connectivity index (χ0) is 17.4. The summed E-state index contributed by atoms with van der Waals surface area (Å²) in [4.78, 5) is 16.4. The van der Waals surface area contributed by atoms with E-state index < -0.39 is 17.7 Å². The van der Waals surface area contributed by atoms with Crippen LogP contribution in [0.2, 0.25) is 0 Å². The Labute approximate surface area is 136 Å². The Kier molecular flexibility index (Phi) is 4.08. The van der Waals surface area contributed by atoms with E-state index in [0.29, 0.717) is 19.4 Å². The molecule has 1 aliphatic rings. The number of benzene rings is 1. The first-order valence-electron chi connectivity index (χ1n) is 7.44. The van der Waals surface area contributed by atoms with Gasteiger partial charge < -0.3 is 20.3 Å². The number of halogens is 2. The minimum absolute atomic E-state index is 0.0179. The van der Waals surface area contributed by atoms with Crippen molar-refractivity contribution >= 4 is 11.8 Å². The van der Waals surface area contributed by atoms with E-state index in [2.05, 4.69) is 10.1 Å². The maximum absolute atomic E-state index is 14.2. The zero-order valence-corrected chi connectivity index (χ0v) is 12.9. The molecular weight excluding hydrogens is 322 g/mol. The molecule has 1 saturated heterocycles. The number of carbonyl (C=O) groups is 1. The molecule has 0 aliphatic carbocycles. The first-order chi connectivity index (χ1) is 11.4. The molecule has 2 heterocycles. The number of hydrogen-bond donors (Lipinski definition) is 2. The molecule has 1 fully saturated rings. The van der Waals surface area contributed by atoms with Crippen molar-refractivity contribution in [2.45, 2.75) is 25.7 Å². The standard InChI is InChI=1S/C15H16F2N4O3/c1-7-10(16)5-9(11(17)12(7)18)13-19-14(24-20-13)8-3-2-4-21(6-8)15(22)23/h5,8H,2-4,6,18H2,1H3,(H,22,23). The van der Waals surface area contributed by atoms with Gasteiger partial charge in [-0.15, -0.1) is 0 Å². The summed E-state index contributed by atoms with van der Waals surface area (Å²) in [6.45, 7) is 2.05. The molecule has 9 heteroatoms. The number of hydrogen-bond acceptors (Lipinski definition) is 5. The number of aromatic nitrogens is 2. The predicted octanol–water partition coefficient (Wildman–Crippen LogP) is 2.76. The summed E-state index contributed by atoms with van der Waals surface area (Å²) in [5, 5.41) is 12.8. The molecule has 3 N–H and O–H groups in total. The SMILES string of the molecule is Cc1c(F)cc(-c2noc(C3CCCN(C(=O)O)C3)n2)c(F)c1N. The van der Waals surface area contributed by atoms with E-state index in [1.807, 2.05) is 0 Å². The number of nitrogens with two attached hydrogens (primary N) is 1. The molecule has 1 unspecified atom stereocenters. The first kappa shape index (κ1) is 16.2. The molecule has 0 bridgehead atoms. The van der Waals surface area contributed by atoms with Crippen molar-refractivity contribution in [3.63, 3.8) is 0 Å².